The number of carbonyl (C=O) groups is 1. The number of hydrogen-bond donors (Lipinski definition) is 2. The van der Waals surface area contributed by atoms with E-state index in [1.165, 1.54) is 18.2 Å². The zero-order valence-electron chi connectivity index (χ0n) is 23.1. The summed E-state index contributed by atoms with van der Waals surface area (Å²) in [6.45, 7) is 1.87. The Kier molecular flexibility index (Phi) is 7.57. The Labute approximate surface area is 246 Å². The fourth-order valence-electron chi connectivity index (χ4n) is 5.35. The van der Waals surface area contributed by atoms with Gasteiger partial charge < -0.3 is 29.2 Å². The molecule has 0 radical (unpaired) electrons. The first-order chi connectivity index (χ1) is 20.6. The number of halogens is 2. The van der Waals surface area contributed by atoms with Crippen molar-refractivity contribution in [3.63, 3.8) is 0 Å². The topological polar surface area (TPSA) is 129 Å². The summed E-state index contributed by atoms with van der Waals surface area (Å²) in [7, 11) is -3.38. The maximum Gasteiger partial charge on any atom is 0.586 e. The molecule has 4 aromatic rings. The number of rotatable bonds is 9. The molecule has 2 N–H and O–H groups in total. The van der Waals surface area contributed by atoms with Gasteiger partial charge in [0.25, 0.3) is 5.91 Å². The van der Waals surface area contributed by atoms with Gasteiger partial charge in [0.1, 0.15) is 11.9 Å². The maximum atomic E-state index is 13.8. The zero-order valence-corrected chi connectivity index (χ0v) is 23.9. The molecule has 1 aromatic heterocycles. The van der Waals surface area contributed by atoms with Gasteiger partial charge in [0.15, 0.2) is 21.3 Å². The number of para-hydroxylation sites is 1. The van der Waals surface area contributed by atoms with Gasteiger partial charge in [-0.3, -0.25) is 4.79 Å². The molecule has 2 aliphatic heterocycles. The minimum atomic E-state index is -3.75. The lowest BCUT2D eigenvalue weighted by Crippen LogP contribution is -2.30. The minimum Gasteiger partial charge on any atom is -0.395 e. The number of alkyl halides is 2. The van der Waals surface area contributed by atoms with E-state index >= 15 is 0 Å². The fraction of sp³-hybridized carbons (Fsp3) is 0.333. The molecule has 1 fully saturated rings. The number of nitrogens with one attached hydrogen (secondary N) is 1. The third-order valence-electron chi connectivity index (χ3n) is 7.61. The highest BCUT2D eigenvalue weighted by Crippen LogP contribution is 2.44. The van der Waals surface area contributed by atoms with Crippen LogP contribution >= 0.6 is 0 Å². The monoisotopic (exact) mass is 613 g/mol. The second-order valence-electron chi connectivity index (χ2n) is 10.4. The molecule has 1 unspecified atom stereocenters. The normalized spacial score (nSPS) is 18.2. The molecule has 2 aliphatic rings. The average Bonchev–Trinajstić information content (AvgIpc) is 3.72. The van der Waals surface area contributed by atoms with Crippen molar-refractivity contribution in [2.24, 2.45) is 0 Å². The van der Waals surface area contributed by atoms with Crippen molar-refractivity contribution in [3.8, 4) is 11.5 Å². The molecule has 13 heteroatoms. The van der Waals surface area contributed by atoms with Crippen LogP contribution in [0.2, 0.25) is 0 Å². The summed E-state index contributed by atoms with van der Waals surface area (Å²) in [4.78, 5) is 18.2. The van der Waals surface area contributed by atoms with Gasteiger partial charge in [-0.25, -0.2) is 13.4 Å². The highest BCUT2D eigenvalue weighted by Gasteiger charge is 2.44. The fourth-order valence-corrected chi connectivity index (χ4v) is 6.24. The van der Waals surface area contributed by atoms with Crippen LogP contribution in [-0.2, 0) is 21.1 Å². The molecule has 3 heterocycles. The van der Waals surface area contributed by atoms with Crippen LogP contribution in [0.5, 0.6) is 11.5 Å². The molecule has 0 spiro atoms. The molecule has 226 valence electrons. The van der Waals surface area contributed by atoms with Crippen LogP contribution in [0.1, 0.15) is 59.2 Å². The minimum absolute atomic E-state index is 0.0367. The number of hydrogen-bond acceptors (Lipinski definition) is 8. The second-order valence-corrected chi connectivity index (χ2v) is 12.6. The number of aliphatic hydroxyl groups excluding tert-OH is 1. The largest absolute Gasteiger partial charge is 0.586 e. The van der Waals surface area contributed by atoms with Crippen LogP contribution in [0.25, 0.3) is 11.0 Å². The summed E-state index contributed by atoms with van der Waals surface area (Å²) >= 11 is 0. The van der Waals surface area contributed by atoms with E-state index in [0.29, 0.717) is 34.6 Å². The number of amides is 1. The predicted molar refractivity (Wildman–Crippen MR) is 151 cm³/mol. The van der Waals surface area contributed by atoms with Gasteiger partial charge in [-0.05, 0) is 54.8 Å². The van der Waals surface area contributed by atoms with Gasteiger partial charge >= 0.3 is 6.29 Å². The predicted octanol–water partition coefficient (Wildman–Crippen LogP) is 4.51. The van der Waals surface area contributed by atoms with Crippen molar-refractivity contribution < 1.29 is 41.3 Å². The summed E-state index contributed by atoms with van der Waals surface area (Å²) < 4.78 is 69.1. The van der Waals surface area contributed by atoms with Crippen LogP contribution in [-0.4, -0.2) is 54.2 Å². The number of fused-ring (bicyclic) bond motifs is 2. The van der Waals surface area contributed by atoms with E-state index in [-0.39, 0.29) is 40.4 Å². The van der Waals surface area contributed by atoms with E-state index in [0.717, 1.165) is 12.8 Å². The third-order valence-corrected chi connectivity index (χ3v) is 9.36. The molecule has 0 bridgehead atoms. The lowest BCUT2D eigenvalue weighted by Gasteiger charge is -2.17. The van der Waals surface area contributed by atoms with E-state index in [4.69, 9.17) is 14.5 Å². The van der Waals surface area contributed by atoms with Crippen molar-refractivity contribution in [1.29, 1.82) is 0 Å². The molecule has 43 heavy (non-hydrogen) atoms. The SMILES string of the molecule is CCS(=O)(=O)c1ccc([C@H](CO)NC(=O)c2ccc3c(c2)nc(C2CCCO2)n3Cc2cccc3c2OC(F)(F)O3)cc1. The highest BCUT2D eigenvalue weighted by atomic mass is 32.2. The number of aromatic nitrogens is 2. The highest BCUT2D eigenvalue weighted by molar-refractivity contribution is 7.91. The van der Waals surface area contributed by atoms with Gasteiger partial charge in [0.05, 0.1) is 40.9 Å². The van der Waals surface area contributed by atoms with E-state index in [1.54, 1.807) is 49.4 Å². The summed E-state index contributed by atoms with van der Waals surface area (Å²) in [5.74, 6) is 0.00534. The van der Waals surface area contributed by atoms with E-state index in [9.17, 15) is 27.1 Å². The second kappa shape index (κ2) is 11.2. The van der Waals surface area contributed by atoms with Gasteiger partial charge in [0.2, 0.25) is 0 Å². The molecular formula is C30H29F2N3O7S. The Morgan fingerprint density at radius 3 is 2.65 bits per heavy atom. The van der Waals surface area contributed by atoms with Crippen molar-refractivity contribution in [1.82, 2.24) is 14.9 Å². The number of sulfone groups is 1. The summed E-state index contributed by atoms with van der Waals surface area (Å²) in [5, 5.41) is 12.8. The molecule has 1 amide bonds. The molecular weight excluding hydrogens is 584 g/mol. The smallest absolute Gasteiger partial charge is 0.395 e. The molecule has 6 rings (SSSR count). The molecule has 2 atom stereocenters. The van der Waals surface area contributed by atoms with Crippen LogP contribution in [0.15, 0.2) is 65.6 Å². The van der Waals surface area contributed by atoms with Crippen LogP contribution < -0.4 is 14.8 Å². The standard InChI is InChI=1S/C30H29F2N3O7S/c1-2-43(38,39)21-11-8-18(9-12-21)23(17-36)34-29(37)19-10-13-24-22(15-19)33-28(26-7-4-14-40-26)35(24)16-20-5-3-6-25-27(20)42-30(31,32)41-25/h3,5-6,8-13,15,23,26,36H,2,4,7,14,16-17H2,1H3,(H,34,37)/t23-,26?/m0/s1. The Bertz CT molecular complexity index is 1790. The number of nitrogens with zero attached hydrogens (tertiary/aromatic N) is 2. The summed E-state index contributed by atoms with van der Waals surface area (Å²) in [5.41, 5.74) is 2.47. The molecule has 1 saturated heterocycles. The van der Waals surface area contributed by atoms with Crippen LogP contribution in [0, 0.1) is 0 Å². The number of carbonyl (C=O) groups excluding carboxylic acids is 1. The van der Waals surface area contributed by atoms with Crippen molar-refractivity contribution in [2.75, 3.05) is 19.0 Å². The quantitative estimate of drug-likeness (QED) is 0.282. The van der Waals surface area contributed by atoms with Gasteiger partial charge in [0, 0.05) is 17.7 Å². The lowest BCUT2D eigenvalue weighted by molar-refractivity contribution is -0.287. The summed E-state index contributed by atoms with van der Waals surface area (Å²) in [6, 6.07) is 14.9. The number of benzene rings is 3. The van der Waals surface area contributed by atoms with Crippen molar-refractivity contribution in [2.45, 2.75) is 49.6 Å². The van der Waals surface area contributed by atoms with Crippen LogP contribution in [0.4, 0.5) is 8.78 Å². The Hall–Kier alpha value is -4.07. The Morgan fingerprint density at radius 1 is 1.16 bits per heavy atom. The molecule has 3 aromatic carbocycles. The number of ether oxygens (including phenoxy) is 3. The summed E-state index contributed by atoms with van der Waals surface area (Å²) in [6.07, 6.45) is -2.48. The van der Waals surface area contributed by atoms with Gasteiger partial charge in [-0.15, -0.1) is 8.78 Å². The number of imidazole rings is 1. The van der Waals surface area contributed by atoms with Gasteiger partial charge in [-0.2, -0.15) is 0 Å². The zero-order chi connectivity index (χ0) is 30.4. The molecule has 0 saturated carbocycles. The van der Waals surface area contributed by atoms with E-state index in [1.807, 2.05) is 4.57 Å². The first kappa shape index (κ1) is 29.0. The van der Waals surface area contributed by atoms with Crippen molar-refractivity contribution >= 4 is 26.8 Å². The molecule has 10 nitrogen and oxygen atoms in total. The van der Waals surface area contributed by atoms with Crippen molar-refractivity contribution in [3.05, 3.63) is 83.2 Å². The maximum absolute atomic E-state index is 13.8. The first-order valence-corrected chi connectivity index (χ1v) is 15.5. The van der Waals surface area contributed by atoms with E-state index < -0.39 is 34.7 Å². The lowest BCUT2D eigenvalue weighted by atomic mass is 10.1. The van der Waals surface area contributed by atoms with Gasteiger partial charge in [-0.1, -0.05) is 31.2 Å². The Morgan fingerprint density at radius 2 is 1.95 bits per heavy atom. The van der Waals surface area contributed by atoms with E-state index in [2.05, 4.69) is 10.1 Å². The first-order valence-electron chi connectivity index (χ1n) is 13.8. The number of aliphatic hydroxyl groups is 1. The third kappa shape index (κ3) is 5.67. The van der Waals surface area contributed by atoms with Crippen LogP contribution in [0.3, 0.4) is 0 Å². The average molecular weight is 614 g/mol. The molecule has 0 aliphatic carbocycles. The Balaban J connectivity index is 1.29.